The number of nitrogens with one attached hydrogen (secondary N) is 1. The van der Waals surface area contributed by atoms with Gasteiger partial charge in [0.2, 0.25) is 0 Å². The summed E-state index contributed by atoms with van der Waals surface area (Å²) in [6, 6.07) is 9.21. The minimum absolute atomic E-state index is 0.710. The molecule has 0 heterocycles. The second kappa shape index (κ2) is 7.09. The molecule has 1 heteroatoms. The van der Waals surface area contributed by atoms with E-state index in [1.165, 1.54) is 36.8 Å². The molecule has 1 aliphatic carbocycles. The molecule has 1 fully saturated rings. The van der Waals surface area contributed by atoms with Gasteiger partial charge in [0.1, 0.15) is 0 Å². The van der Waals surface area contributed by atoms with Crippen molar-refractivity contribution in [3.63, 3.8) is 0 Å². The first-order chi connectivity index (χ1) is 9.16. The van der Waals surface area contributed by atoms with Crippen LogP contribution < -0.4 is 5.32 Å². The van der Waals surface area contributed by atoms with Crippen LogP contribution in [0.4, 0.5) is 0 Å². The van der Waals surface area contributed by atoms with Crippen LogP contribution in [0.1, 0.15) is 56.6 Å². The highest BCUT2D eigenvalue weighted by Crippen LogP contribution is 2.37. The average molecular weight is 259 g/mol. The largest absolute Gasteiger partial charge is 0.316 e. The van der Waals surface area contributed by atoms with Crippen LogP contribution in [0.5, 0.6) is 0 Å². The molecular formula is C18H29N. The van der Waals surface area contributed by atoms with Crippen molar-refractivity contribution in [1.29, 1.82) is 0 Å². The lowest BCUT2D eigenvalue weighted by atomic mass is 9.84. The molecule has 0 aliphatic heterocycles. The second-order valence-electron chi connectivity index (χ2n) is 6.61. The quantitative estimate of drug-likeness (QED) is 0.792. The highest BCUT2D eigenvalue weighted by atomic mass is 14.9. The lowest BCUT2D eigenvalue weighted by Gasteiger charge is -2.25. The van der Waals surface area contributed by atoms with E-state index in [1.807, 2.05) is 0 Å². The highest BCUT2D eigenvalue weighted by molar-refractivity contribution is 5.25. The van der Waals surface area contributed by atoms with Gasteiger partial charge in [-0.3, -0.25) is 0 Å². The average Bonchev–Trinajstić information content (AvgIpc) is 2.89. The molecule has 0 bridgehead atoms. The molecule has 1 saturated carbocycles. The van der Waals surface area contributed by atoms with E-state index in [9.17, 15) is 0 Å². The lowest BCUT2D eigenvalue weighted by Crippen LogP contribution is -2.28. The molecule has 2 rings (SSSR count). The summed E-state index contributed by atoms with van der Waals surface area (Å²) in [5, 5.41) is 3.67. The molecule has 1 aliphatic rings. The van der Waals surface area contributed by atoms with Crippen molar-refractivity contribution in [2.24, 2.45) is 11.8 Å². The summed E-state index contributed by atoms with van der Waals surface area (Å²) in [7, 11) is 0. The van der Waals surface area contributed by atoms with Crippen molar-refractivity contribution >= 4 is 0 Å². The van der Waals surface area contributed by atoms with Crippen LogP contribution in [0.2, 0.25) is 0 Å². The van der Waals surface area contributed by atoms with Gasteiger partial charge in [0.25, 0.3) is 0 Å². The van der Waals surface area contributed by atoms with Crippen LogP contribution >= 0.6 is 0 Å². The molecule has 0 saturated heterocycles. The van der Waals surface area contributed by atoms with Gasteiger partial charge in [-0.25, -0.2) is 0 Å². The summed E-state index contributed by atoms with van der Waals surface area (Å²) in [5.41, 5.74) is 2.90. The van der Waals surface area contributed by atoms with Crippen molar-refractivity contribution in [2.45, 2.75) is 52.4 Å². The molecule has 0 aromatic heterocycles. The summed E-state index contributed by atoms with van der Waals surface area (Å²) < 4.78 is 0. The monoisotopic (exact) mass is 259 g/mol. The van der Waals surface area contributed by atoms with Crippen LogP contribution in [0.25, 0.3) is 0 Å². The fraction of sp³-hybridized carbons (Fsp3) is 0.667. The Kier molecular flexibility index (Phi) is 5.45. The third-order valence-electron chi connectivity index (χ3n) is 4.39. The van der Waals surface area contributed by atoms with Crippen LogP contribution in [-0.2, 0) is 0 Å². The SMILES string of the molecule is Cc1ccc(C(CNCC(C)C)C2CCCC2)cc1. The zero-order chi connectivity index (χ0) is 13.7. The second-order valence-corrected chi connectivity index (χ2v) is 6.61. The van der Waals surface area contributed by atoms with Gasteiger partial charge >= 0.3 is 0 Å². The zero-order valence-corrected chi connectivity index (χ0v) is 12.8. The number of hydrogen-bond acceptors (Lipinski definition) is 1. The predicted molar refractivity (Wildman–Crippen MR) is 83.6 cm³/mol. The topological polar surface area (TPSA) is 12.0 Å². The van der Waals surface area contributed by atoms with Gasteiger partial charge < -0.3 is 5.32 Å². The Morgan fingerprint density at radius 3 is 2.26 bits per heavy atom. The standard InChI is InChI=1S/C18H29N/c1-14(2)12-19-13-18(16-6-4-5-7-16)17-10-8-15(3)9-11-17/h8-11,14,16,18-19H,4-7,12-13H2,1-3H3. The van der Waals surface area contributed by atoms with Gasteiger partial charge in [-0.05, 0) is 49.6 Å². The number of rotatable bonds is 6. The van der Waals surface area contributed by atoms with Crippen molar-refractivity contribution < 1.29 is 0 Å². The van der Waals surface area contributed by atoms with E-state index in [-0.39, 0.29) is 0 Å². The number of aryl methyl sites for hydroxylation is 1. The Labute approximate surface area is 118 Å². The molecule has 1 unspecified atom stereocenters. The first kappa shape index (κ1) is 14.6. The lowest BCUT2D eigenvalue weighted by molar-refractivity contribution is 0.400. The maximum Gasteiger partial charge on any atom is 0.00229 e. The predicted octanol–water partition coefficient (Wildman–Crippen LogP) is 4.51. The normalized spacial score (nSPS) is 18.1. The van der Waals surface area contributed by atoms with E-state index < -0.39 is 0 Å². The Bertz CT molecular complexity index is 360. The molecule has 1 nitrogen and oxygen atoms in total. The van der Waals surface area contributed by atoms with Crippen LogP contribution in [0.3, 0.4) is 0 Å². The Balaban J connectivity index is 2.02. The molecule has 1 aromatic rings. The zero-order valence-electron chi connectivity index (χ0n) is 12.8. The van der Waals surface area contributed by atoms with Crippen LogP contribution in [-0.4, -0.2) is 13.1 Å². The highest BCUT2D eigenvalue weighted by Gasteiger charge is 2.25. The summed E-state index contributed by atoms with van der Waals surface area (Å²) >= 11 is 0. The molecule has 0 spiro atoms. The maximum absolute atomic E-state index is 3.67. The minimum Gasteiger partial charge on any atom is -0.316 e. The van der Waals surface area contributed by atoms with E-state index in [0.717, 1.165) is 24.9 Å². The van der Waals surface area contributed by atoms with E-state index in [2.05, 4.69) is 50.4 Å². The van der Waals surface area contributed by atoms with Crippen LogP contribution in [0.15, 0.2) is 24.3 Å². The summed E-state index contributed by atoms with van der Waals surface area (Å²) in [4.78, 5) is 0. The molecule has 0 radical (unpaired) electrons. The third-order valence-corrected chi connectivity index (χ3v) is 4.39. The van der Waals surface area contributed by atoms with Crippen molar-refractivity contribution in [2.75, 3.05) is 13.1 Å². The smallest absolute Gasteiger partial charge is 0.00229 e. The number of hydrogen-bond donors (Lipinski definition) is 1. The molecule has 0 amide bonds. The molecule has 19 heavy (non-hydrogen) atoms. The van der Waals surface area contributed by atoms with Gasteiger partial charge in [-0.1, -0.05) is 56.5 Å². The maximum atomic E-state index is 3.67. The molecule has 1 aromatic carbocycles. The van der Waals surface area contributed by atoms with E-state index in [4.69, 9.17) is 0 Å². The van der Waals surface area contributed by atoms with Gasteiger partial charge in [-0.15, -0.1) is 0 Å². The summed E-state index contributed by atoms with van der Waals surface area (Å²) in [6.45, 7) is 9.01. The van der Waals surface area contributed by atoms with Gasteiger partial charge in [0.15, 0.2) is 0 Å². The Morgan fingerprint density at radius 2 is 1.68 bits per heavy atom. The van der Waals surface area contributed by atoms with Crippen molar-refractivity contribution in [1.82, 2.24) is 5.32 Å². The van der Waals surface area contributed by atoms with Gasteiger partial charge in [0.05, 0.1) is 0 Å². The fourth-order valence-electron chi connectivity index (χ4n) is 3.26. The van der Waals surface area contributed by atoms with Crippen molar-refractivity contribution in [3.05, 3.63) is 35.4 Å². The molecular weight excluding hydrogens is 230 g/mol. The molecule has 1 N–H and O–H groups in total. The third kappa shape index (κ3) is 4.35. The first-order valence-electron chi connectivity index (χ1n) is 7.94. The van der Waals surface area contributed by atoms with Gasteiger partial charge in [-0.2, -0.15) is 0 Å². The minimum atomic E-state index is 0.710. The van der Waals surface area contributed by atoms with Gasteiger partial charge in [0, 0.05) is 6.54 Å². The van der Waals surface area contributed by atoms with E-state index in [0.29, 0.717) is 5.92 Å². The fourth-order valence-corrected chi connectivity index (χ4v) is 3.26. The molecule has 1 atom stereocenters. The first-order valence-corrected chi connectivity index (χ1v) is 7.94. The summed E-state index contributed by atoms with van der Waals surface area (Å²) in [6.07, 6.45) is 5.69. The van der Waals surface area contributed by atoms with E-state index in [1.54, 1.807) is 0 Å². The Hall–Kier alpha value is -0.820. The summed E-state index contributed by atoms with van der Waals surface area (Å²) in [5.74, 6) is 2.34. The molecule has 106 valence electrons. The number of benzene rings is 1. The van der Waals surface area contributed by atoms with E-state index >= 15 is 0 Å². The van der Waals surface area contributed by atoms with Crippen LogP contribution in [0, 0.1) is 18.8 Å². The Morgan fingerprint density at radius 1 is 1.05 bits per heavy atom. The van der Waals surface area contributed by atoms with Crippen molar-refractivity contribution in [3.8, 4) is 0 Å².